The van der Waals surface area contributed by atoms with Crippen molar-refractivity contribution >= 4 is 11.9 Å². The van der Waals surface area contributed by atoms with Crippen LogP contribution in [0.1, 0.15) is 19.8 Å². The van der Waals surface area contributed by atoms with E-state index in [1.165, 1.54) is 0 Å². The zero-order valence-corrected chi connectivity index (χ0v) is 9.77. The van der Waals surface area contributed by atoms with Gasteiger partial charge in [-0.3, -0.25) is 4.79 Å². The van der Waals surface area contributed by atoms with E-state index >= 15 is 0 Å². The molecule has 1 amide bonds. The second kappa shape index (κ2) is 4.62. The Balaban J connectivity index is 1.97. The molecule has 2 N–H and O–H groups in total. The van der Waals surface area contributed by atoms with Gasteiger partial charge in [0.05, 0.1) is 19.8 Å². The van der Waals surface area contributed by atoms with E-state index in [1.807, 2.05) is 0 Å². The summed E-state index contributed by atoms with van der Waals surface area (Å²) in [6, 6.07) is 0. The van der Waals surface area contributed by atoms with Gasteiger partial charge >= 0.3 is 5.97 Å². The minimum absolute atomic E-state index is 0.0217. The van der Waals surface area contributed by atoms with E-state index in [-0.39, 0.29) is 12.5 Å². The number of ether oxygens (including phenoxy) is 2. The molecule has 1 saturated carbocycles. The summed E-state index contributed by atoms with van der Waals surface area (Å²) in [5.41, 5.74) is -1.18. The molecule has 2 rings (SSSR count). The van der Waals surface area contributed by atoms with Crippen molar-refractivity contribution in [3.05, 3.63) is 0 Å². The maximum atomic E-state index is 11.9. The van der Waals surface area contributed by atoms with Gasteiger partial charge in [-0.15, -0.1) is 0 Å². The summed E-state index contributed by atoms with van der Waals surface area (Å²) in [6.07, 6.45) is 0.983. The molecule has 1 aliphatic carbocycles. The Kier molecular flexibility index (Phi) is 3.35. The molecule has 6 heteroatoms. The molecule has 96 valence electrons. The highest BCUT2D eigenvalue weighted by molar-refractivity contribution is 5.89. The van der Waals surface area contributed by atoms with Crippen LogP contribution in [0, 0.1) is 5.92 Å². The van der Waals surface area contributed by atoms with Crippen LogP contribution in [0.3, 0.4) is 0 Å². The third kappa shape index (κ3) is 2.58. The number of hydrogen-bond donors (Lipinski definition) is 2. The van der Waals surface area contributed by atoms with Crippen molar-refractivity contribution in [2.75, 3.05) is 19.8 Å². The van der Waals surface area contributed by atoms with E-state index < -0.39 is 23.5 Å². The summed E-state index contributed by atoms with van der Waals surface area (Å²) >= 11 is 0. The Morgan fingerprint density at radius 3 is 2.53 bits per heavy atom. The monoisotopic (exact) mass is 243 g/mol. The number of aliphatic carboxylic acids is 1. The summed E-state index contributed by atoms with van der Waals surface area (Å²) in [5.74, 6) is -1.37. The Hall–Kier alpha value is -1.14. The van der Waals surface area contributed by atoms with Gasteiger partial charge in [-0.25, -0.2) is 4.79 Å². The highest BCUT2D eigenvalue weighted by atomic mass is 16.6. The molecule has 6 nitrogen and oxygen atoms in total. The topological polar surface area (TPSA) is 84.9 Å². The number of amides is 1. The molecule has 0 aromatic rings. The van der Waals surface area contributed by atoms with Gasteiger partial charge in [0.15, 0.2) is 6.10 Å². The van der Waals surface area contributed by atoms with Gasteiger partial charge < -0.3 is 19.9 Å². The Labute approximate surface area is 99.3 Å². The molecule has 2 aliphatic rings. The molecule has 0 aromatic carbocycles. The number of carboxylic acids is 1. The Bertz CT molecular complexity index is 322. The summed E-state index contributed by atoms with van der Waals surface area (Å²) in [6.45, 7) is 2.58. The fraction of sp³-hybridized carbons (Fsp3) is 0.818. The van der Waals surface area contributed by atoms with E-state index in [1.54, 1.807) is 6.92 Å². The lowest BCUT2D eigenvalue weighted by atomic mass is 9.95. The predicted octanol–water partition coefficient (Wildman–Crippen LogP) is -0.229. The van der Waals surface area contributed by atoms with E-state index in [9.17, 15) is 14.7 Å². The van der Waals surface area contributed by atoms with Crippen molar-refractivity contribution in [1.29, 1.82) is 0 Å². The fourth-order valence-electron chi connectivity index (χ4n) is 1.97. The van der Waals surface area contributed by atoms with Crippen molar-refractivity contribution in [2.24, 2.45) is 5.92 Å². The molecule has 0 unspecified atom stereocenters. The molecule has 2 atom stereocenters. The number of rotatable bonds is 4. The maximum absolute atomic E-state index is 11.9. The zero-order chi connectivity index (χ0) is 12.5. The van der Waals surface area contributed by atoms with Crippen LogP contribution in [0.25, 0.3) is 0 Å². The molecular formula is C11H17NO5. The number of hydrogen-bond acceptors (Lipinski definition) is 4. The number of carbonyl (C=O) groups is 2. The van der Waals surface area contributed by atoms with Crippen LogP contribution in [-0.2, 0) is 19.1 Å². The second-order valence-corrected chi connectivity index (χ2v) is 4.71. The minimum Gasteiger partial charge on any atom is -0.480 e. The smallest absolute Gasteiger partial charge is 0.329 e. The van der Waals surface area contributed by atoms with Crippen LogP contribution in [-0.4, -0.2) is 48.4 Å². The van der Waals surface area contributed by atoms with Gasteiger partial charge in [-0.2, -0.15) is 0 Å². The van der Waals surface area contributed by atoms with Gasteiger partial charge in [0.1, 0.15) is 5.54 Å². The molecule has 1 saturated heterocycles. The number of carboxylic acid groups (broad SMARTS) is 1. The molecule has 0 radical (unpaired) electrons. The normalized spacial score (nSPS) is 28.2. The zero-order valence-electron chi connectivity index (χ0n) is 9.77. The largest absolute Gasteiger partial charge is 0.480 e. The van der Waals surface area contributed by atoms with E-state index in [2.05, 4.69) is 5.32 Å². The fourth-order valence-corrected chi connectivity index (χ4v) is 1.97. The Morgan fingerprint density at radius 1 is 1.35 bits per heavy atom. The number of nitrogens with one attached hydrogen (secondary N) is 1. The van der Waals surface area contributed by atoms with E-state index in [4.69, 9.17) is 9.47 Å². The van der Waals surface area contributed by atoms with E-state index in [0.717, 1.165) is 12.8 Å². The second-order valence-electron chi connectivity index (χ2n) is 4.71. The first-order valence-corrected chi connectivity index (χ1v) is 5.79. The maximum Gasteiger partial charge on any atom is 0.329 e. The standard InChI is InChI=1S/C11H17NO5/c1-11(10(14)15,7-2-3-7)12-9(13)8-6-16-4-5-17-8/h7-8H,2-6H2,1H3,(H,12,13)(H,14,15)/t8-,11-/m1/s1. The van der Waals surface area contributed by atoms with Gasteiger partial charge in [0.25, 0.3) is 5.91 Å². The molecular weight excluding hydrogens is 226 g/mol. The summed E-state index contributed by atoms with van der Waals surface area (Å²) < 4.78 is 10.4. The molecule has 0 spiro atoms. The van der Waals surface area contributed by atoms with Crippen LogP contribution in [0.4, 0.5) is 0 Å². The molecule has 17 heavy (non-hydrogen) atoms. The predicted molar refractivity (Wildman–Crippen MR) is 57.5 cm³/mol. The van der Waals surface area contributed by atoms with Crippen LogP contribution in [0.5, 0.6) is 0 Å². The van der Waals surface area contributed by atoms with Crippen molar-refractivity contribution in [2.45, 2.75) is 31.4 Å². The summed E-state index contributed by atoms with van der Waals surface area (Å²) in [4.78, 5) is 23.1. The summed E-state index contributed by atoms with van der Waals surface area (Å²) in [7, 11) is 0. The van der Waals surface area contributed by atoms with Crippen molar-refractivity contribution < 1.29 is 24.2 Å². The third-order valence-corrected chi connectivity index (χ3v) is 3.33. The number of carbonyl (C=O) groups excluding carboxylic acids is 1. The molecule has 1 heterocycles. The van der Waals surface area contributed by atoms with Crippen molar-refractivity contribution in [3.63, 3.8) is 0 Å². The van der Waals surface area contributed by atoms with Crippen LogP contribution in [0.15, 0.2) is 0 Å². The average molecular weight is 243 g/mol. The van der Waals surface area contributed by atoms with Gasteiger partial charge in [-0.1, -0.05) is 0 Å². The van der Waals surface area contributed by atoms with Gasteiger partial charge in [0.2, 0.25) is 0 Å². The quantitative estimate of drug-likeness (QED) is 0.712. The van der Waals surface area contributed by atoms with Crippen molar-refractivity contribution in [3.8, 4) is 0 Å². The Morgan fingerprint density at radius 2 is 2.06 bits per heavy atom. The first kappa shape index (κ1) is 12.3. The first-order chi connectivity index (χ1) is 8.04. The van der Waals surface area contributed by atoms with Gasteiger partial charge in [-0.05, 0) is 25.7 Å². The van der Waals surface area contributed by atoms with Crippen LogP contribution < -0.4 is 5.32 Å². The minimum atomic E-state index is -1.18. The first-order valence-electron chi connectivity index (χ1n) is 5.79. The SMILES string of the molecule is C[C@](NC(=O)[C@H]1COCCO1)(C(=O)O)C1CC1. The lowest BCUT2D eigenvalue weighted by molar-refractivity contribution is -0.156. The molecule has 2 fully saturated rings. The van der Waals surface area contributed by atoms with Gasteiger partial charge in [0, 0.05) is 0 Å². The molecule has 1 aliphatic heterocycles. The molecule has 0 aromatic heterocycles. The van der Waals surface area contributed by atoms with Crippen LogP contribution in [0.2, 0.25) is 0 Å². The highest BCUT2D eigenvalue weighted by Gasteiger charge is 2.49. The summed E-state index contributed by atoms with van der Waals surface area (Å²) in [5, 5.41) is 11.8. The van der Waals surface area contributed by atoms with E-state index in [0.29, 0.717) is 13.2 Å². The highest BCUT2D eigenvalue weighted by Crippen LogP contribution is 2.39. The lowest BCUT2D eigenvalue weighted by Gasteiger charge is -2.29. The lowest BCUT2D eigenvalue weighted by Crippen LogP contribution is -2.58. The van der Waals surface area contributed by atoms with Crippen molar-refractivity contribution in [1.82, 2.24) is 5.32 Å². The van der Waals surface area contributed by atoms with Crippen LogP contribution >= 0.6 is 0 Å². The molecule has 0 bridgehead atoms. The average Bonchev–Trinajstić information content (AvgIpc) is 3.13. The third-order valence-electron chi connectivity index (χ3n) is 3.33.